The summed E-state index contributed by atoms with van der Waals surface area (Å²) in [6.45, 7) is 6.75. The zero-order valence-electron chi connectivity index (χ0n) is 27.7. The lowest BCUT2D eigenvalue weighted by atomic mass is 9.84. The minimum atomic E-state index is -0.620. The Morgan fingerprint density at radius 2 is 1.87 bits per heavy atom. The molecule has 4 rings (SSSR count). The van der Waals surface area contributed by atoms with Gasteiger partial charge >= 0.3 is 12.2 Å². The number of fused-ring (bicyclic) bond motifs is 1. The van der Waals surface area contributed by atoms with Crippen LogP contribution in [-0.2, 0) is 20.6 Å². The van der Waals surface area contributed by atoms with E-state index in [2.05, 4.69) is 15.4 Å². The smallest absolute Gasteiger partial charge is 0.410 e. The summed E-state index contributed by atoms with van der Waals surface area (Å²) in [6, 6.07) is 10.8. The van der Waals surface area contributed by atoms with Crippen LogP contribution in [0, 0.1) is 5.92 Å². The Bertz CT molecular complexity index is 1360. The summed E-state index contributed by atoms with van der Waals surface area (Å²) in [5, 5.41) is 6.43. The maximum atomic E-state index is 14.0. The van der Waals surface area contributed by atoms with E-state index in [0.717, 1.165) is 36.0 Å². The van der Waals surface area contributed by atoms with Crippen LogP contribution < -0.4 is 15.4 Å². The predicted octanol–water partition coefficient (Wildman–Crippen LogP) is 6.67. The number of hydrogen-bond donors (Lipinski definition) is 2. The Labute approximate surface area is 277 Å². The van der Waals surface area contributed by atoms with Gasteiger partial charge in [0.15, 0.2) is 0 Å². The summed E-state index contributed by atoms with van der Waals surface area (Å²) in [5.74, 6) is 0.861. The molecule has 0 radical (unpaired) electrons. The Morgan fingerprint density at radius 1 is 1.11 bits per heavy atom. The Balaban J connectivity index is 1.60. The summed E-state index contributed by atoms with van der Waals surface area (Å²) >= 11 is 6.38. The first-order chi connectivity index (χ1) is 21.9. The summed E-state index contributed by atoms with van der Waals surface area (Å²) in [4.78, 5) is 40.0. The van der Waals surface area contributed by atoms with Crippen LogP contribution in [0.25, 0.3) is 0 Å². The molecule has 1 heterocycles. The van der Waals surface area contributed by atoms with E-state index >= 15 is 0 Å². The monoisotopic (exact) mass is 657 g/mol. The number of hydrogen-bond acceptors (Lipinski definition) is 7. The van der Waals surface area contributed by atoms with E-state index in [0.29, 0.717) is 41.8 Å². The molecule has 252 valence electrons. The number of nitrogens with zero attached hydrogens (tertiary/aromatic N) is 1. The molecule has 2 aliphatic rings. The van der Waals surface area contributed by atoms with Crippen molar-refractivity contribution in [3.05, 3.63) is 63.7 Å². The van der Waals surface area contributed by atoms with E-state index in [9.17, 15) is 14.4 Å². The molecular formula is C35H48ClN3O7. The Hall–Kier alpha value is -3.50. The van der Waals surface area contributed by atoms with Gasteiger partial charge in [-0.1, -0.05) is 55.8 Å². The maximum Gasteiger partial charge on any atom is 0.410 e. The molecule has 1 unspecified atom stereocenters. The molecule has 0 spiro atoms. The Kier molecular flexibility index (Phi) is 12.6. The molecule has 1 aliphatic heterocycles. The predicted molar refractivity (Wildman–Crippen MR) is 177 cm³/mol. The van der Waals surface area contributed by atoms with Crippen molar-refractivity contribution in [1.82, 2.24) is 15.5 Å². The highest BCUT2D eigenvalue weighted by atomic mass is 35.5. The molecule has 46 heavy (non-hydrogen) atoms. The van der Waals surface area contributed by atoms with Gasteiger partial charge in [0, 0.05) is 48.7 Å². The normalized spacial score (nSPS) is 16.0. The third kappa shape index (κ3) is 10.3. The number of likely N-dealkylation sites (N-methyl/N-ethyl adjacent to an activating group) is 1. The number of alkyl carbamates (subject to hydrolysis) is 1. The fraction of sp³-hybridized carbons (Fsp3) is 0.571. The molecule has 11 heteroatoms. The van der Waals surface area contributed by atoms with Crippen molar-refractivity contribution in [1.29, 1.82) is 0 Å². The van der Waals surface area contributed by atoms with Crippen LogP contribution in [0.15, 0.2) is 36.4 Å². The van der Waals surface area contributed by atoms with Crippen molar-refractivity contribution in [2.45, 2.75) is 83.5 Å². The average Bonchev–Trinajstić information content (AvgIpc) is 3.49. The van der Waals surface area contributed by atoms with Crippen molar-refractivity contribution in [3.8, 4) is 5.75 Å². The van der Waals surface area contributed by atoms with E-state index in [1.165, 1.54) is 26.4 Å². The number of rotatable bonds is 12. The first kappa shape index (κ1) is 35.4. The topological polar surface area (TPSA) is 115 Å². The lowest BCUT2D eigenvalue weighted by molar-refractivity contribution is 0.0274. The highest BCUT2D eigenvalue weighted by molar-refractivity contribution is 6.30. The van der Waals surface area contributed by atoms with Crippen LogP contribution in [0.4, 0.5) is 9.59 Å². The molecule has 0 aromatic heterocycles. The highest BCUT2D eigenvalue weighted by Crippen LogP contribution is 2.38. The molecule has 10 nitrogen and oxygen atoms in total. The average molecular weight is 658 g/mol. The zero-order valence-corrected chi connectivity index (χ0v) is 28.4. The van der Waals surface area contributed by atoms with Gasteiger partial charge in [0.1, 0.15) is 17.5 Å². The molecule has 1 aliphatic carbocycles. The number of amides is 3. The van der Waals surface area contributed by atoms with E-state index in [1.54, 1.807) is 24.1 Å². The van der Waals surface area contributed by atoms with Crippen molar-refractivity contribution < 1.29 is 33.3 Å². The third-order valence-corrected chi connectivity index (χ3v) is 8.50. The van der Waals surface area contributed by atoms with E-state index in [1.807, 2.05) is 45.0 Å². The quantitative estimate of drug-likeness (QED) is 0.245. The van der Waals surface area contributed by atoms with Crippen molar-refractivity contribution in [3.63, 3.8) is 0 Å². The fourth-order valence-corrected chi connectivity index (χ4v) is 6.35. The molecular weight excluding hydrogens is 610 g/mol. The fourth-order valence-electron chi connectivity index (χ4n) is 6.15. The molecule has 1 fully saturated rings. The largest absolute Gasteiger partial charge is 0.493 e. The standard InChI is InChI=1S/C35H48ClN3O7/c1-35(2,3)46-34(42)39(4)22-27(18-23-10-7-6-8-11-23)38-32(40)25-20-29(28-14-16-44-30(28)21-25)31(24-12-9-13-26(36)19-24)45-17-15-37-33(41)43-5/h9,12-13,19-21,23,27,31H,6-8,10-11,14-18,22H2,1-5H3,(H,37,41)(H,38,40)/t27-,31?/m0/s1. The number of ether oxygens (including phenoxy) is 4. The van der Waals surface area contributed by atoms with Crippen LogP contribution in [0.5, 0.6) is 5.75 Å². The molecule has 2 aromatic rings. The second kappa shape index (κ2) is 16.4. The van der Waals surface area contributed by atoms with Crippen LogP contribution in [0.2, 0.25) is 5.02 Å². The minimum absolute atomic E-state index is 0.193. The van der Waals surface area contributed by atoms with E-state index in [-0.39, 0.29) is 25.1 Å². The second-order valence-electron chi connectivity index (χ2n) is 13.1. The van der Waals surface area contributed by atoms with Gasteiger partial charge in [0.05, 0.1) is 20.3 Å². The first-order valence-corrected chi connectivity index (χ1v) is 16.5. The van der Waals surface area contributed by atoms with E-state index < -0.39 is 23.9 Å². The number of halogens is 1. The first-order valence-electron chi connectivity index (χ1n) is 16.2. The van der Waals surface area contributed by atoms with Gasteiger partial charge in [-0.15, -0.1) is 0 Å². The molecule has 0 saturated heterocycles. The molecule has 1 saturated carbocycles. The number of methoxy groups -OCH3 is 1. The summed E-state index contributed by atoms with van der Waals surface area (Å²) in [6.07, 6.45) is 5.72. The summed E-state index contributed by atoms with van der Waals surface area (Å²) in [7, 11) is 3.01. The van der Waals surface area contributed by atoms with Crippen molar-refractivity contribution in [2.75, 3.05) is 40.5 Å². The third-order valence-electron chi connectivity index (χ3n) is 8.27. The maximum absolute atomic E-state index is 14.0. The van der Waals surface area contributed by atoms with Gasteiger partial charge in [-0.3, -0.25) is 4.79 Å². The summed E-state index contributed by atoms with van der Waals surface area (Å²) in [5.41, 5.74) is 2.39. The second-order valence-corrected chi connectivity index (χ2v) is 13.6. The lowest BCUT2D eigenvalue weighted by Gasteiger charge is -2.31. The zero-order chi connectivity index (χ0) is 33.3. The number of nitrogens with one attached hydrogen (secondary N) is 2. The van der Waals surface area contributed by atoms with Gasteiger partial charge in [-0.2, -0.15) is 0 Å². The van der Waals surface area contributed by atoms with Crippen molar-refractivity contribution >= 4 is 29.7 Å². The van der Waals surface area contributed by atoms with Crippen molar-refractivity contribution in [2.24, 2.45) is 5.92 Å². The number of benzene rings is 2. The van der Waals surface area contributed by atoms with E-state index in [4.69, 9.17) is 25.8 Å². The van der Waals surface area contributed by atoms with Crippen LogP contribution in [0.3, 0.4) is 0 Å². The summed E-state index contributed by atoms with van der Waals surface area (Å²) < 4.78 is 22.6. The van der Waals surface area contributed by atoms with Gasteiger partial charge in [-0.25, -0.2) is 9.59 Å². The van der Waals surface area contributed by atoms with Crippen LogP contribution in [0.1, 0.15) is 92.4 Å². The number of carbonyl (C=O) groups is 3. The van der Waals surface area contributed by atoms with Gasteiger partial charge < -0.3 is 34.5 Å². The molecule has 2 atom stereocenters. The van der Waals surface area contributed by atoms with Crippen LogP contribution in [-0.4, -0.2) is 75.1 Å². The molecule has 2 aromatic carbocycles. The highest BCUT2D eigenvalue weighted by Gasteiger charge is 2.29. The van der Waals surface area contributed by atoms with Gasteiger partial charge in [0.25, 0.3) is 5.91 Å². The molecule has 3 amide bonds. The van der Waals surface area contributed by atoms with Crippen LogP contribution >= 0.6 is 11.6 Å². The minimum Gasteiger partial charge on any atom is -0.493 e. The lowest BCUT2D eigenvalue weighted by Crippen LogP contribution is -2.46. The number of carbonyl (C=O) groups excluding carboxylic acids is 3. The Morgan fingerprint density at radius 3 is 2.57 bits per heavy atom. The molecule has 0 bridgehead atoms. The van der Waals surface area contributed by atoms with Gasteiger partial charge in [-0.05, 0) is 68.5 Å². The molecule has 2 N–H and O–H groups in total. The van der Waals surface area contributed by atoms with Gasteiger partial charge in [0.2, 0.25) is 0 Å². The SMILES string of the molecule is COC(=O)NCCOC(c1cccc(Cl)c1)c1cc(C(=O)N[C@@H](CC2CCCCC2)CN(C)C(=O)OC(C)(C)C)cc2c1CCO2.